The van der Waals surface area contributed by atoms with E-state index in [1.807, 2.05) is 25.1 Å². The minimum absolute atomic E-state index is 0.00792. The third kappa shape index (κ3) is 5.85. The molecule has 0 radical (unpaired) electrons. The van der Waals surface area contributed by atoms with Crippen LogP contribution >= 0.6 is 15.9 Å². The van der Waals surface area contributed by atoms with E-state index in [1.54, 1.807) is 36.4 Å². The predicted molar refractivity (Wildman–Crippen MR) is 134 cm³/mol. The van der Waals surface area contributed by atoms with Crippen LogP contribution in [0.5, 0.6) is 11.5 Å². The number of nitro benzene ring substituents is 1. The molecule has 0 spiro atoms. The summed E-state index contributed by atoms with van der Waals surface area (Å²) < 4.78 is 17.7. The van der Waals surface area contributed by atoms with Crippen molar-refractivity contribution in [3.8, 4) is 11.5 Å². The van der Waals surface area contributed by atoms with Crippen LogP contribution in [-0.2, 0) is 6.61 Å². The molecule has 10 heteroatoms. The summed E-state index contributed by atoms with van der Waals surface area (Å²) in [4.78, 5) is 22.9. The van der Waals surface area contributed by atoms with Crippen LogP contribution in [0.4, 0.5) is 5.69 Å². The summed E-state index contributed by atoms with van der Waals surface area (Å²) in [6, 6.07) is 18.7. The largest absolute Gasteiger partial charge is 0.490 e. The molecule has 0 bridgehead atoms. The molecule has 1 heterocycles. The number of rotatable bonds is 9. The molecule has 0 aliphatic rings. The molecule has 1 N–H and O–H groups in total. The number of nitrogens with one attached hydrogen (secondary N) is 1. The van der Waals surface area contributed by atoms with Crippen LogP contribution < -0.4 is 14.9 Å². The van der Waals surface area contributed by atoms with Gasteiger partial charge in [-0.1, -0.05) is 30.3 Å². The molecule has 35 heavy (non-hydrogen) atoms. The number of carbonyl (C=O) groups is 1. The Labute approximate surface area is 208 Å². The smallest absolute Gasteiger partial charge is 0.307 e. The number of para-hydroxylation sites is 1. The molecular formula is C25H20BrN3O6. The van der Waals surface area contributed by atoms with Crippen LogP contribution in [-0.4, -0.2) is 23.7 Å². The van der Waals surface area contributed by atoms with E-state index in [0.29, 0.717) is 39.3 Å². The van der Waals surface area contributed by atoms with Crippen LogP contribution in [0.3, 0.4) is 0 Å². The number of carbonyl (C=O) groups excluding carboxylic acids is 1. The Morgan fingerprint density at radius 3 is 2.74 bits per heavy atom. The van der Waals surface area contributed by atoms with E-state index < -0.39 is 10.8 Å². The lowest BCUT2D eigenvalue weighted by Gasteiger charge is -2.14. The number of benzene rings is 3. The van der Waals surface area contributed by atoms with E-state index in [9.17, 15) is 14.9 Å². The van der Waals surface area contributed by atoms with Gasteiger partial charge in [-0.2, -0.15) is 5.10 Å². The highest BCUT2D eigenvalue weighted by Crippen LogP contribution is 2.37. The number of fused-ring (bicyclic) bond motifs is 1. The number of hydrazone groups is 1. The fourth-order valence-corrected chi connectivity index (χ4v) is 3.87. The Morgan fingerprint density at radius 2 is 1.97 bits per heavy atom. The van der Waals surface area contributed by atoms with Crippen molar-refractivity contribution >= 4 is 44.7 Å². The molecule has 0 fully saturated rings. The van der Waals surface area contributed by atoms with Crippen LogP contribution in [0.1, 0.15) is 28.6 Å². The lowest BCUT2D eigenvalue weighted by atomic mass is 10.2. The van der Waals surface area contributed by atoms with Crippen LogP contribution in [0, 0.1) is 10.1 Å². The molecule has 3 aromatic carbocycles. The monoisotopic (exact) mass is 537 g/mol. The zero-order chi connectivity index (χ0) is 24.8. The third-order valence-corrected chi connectivity index (χ3v) is 5.45. The highest BCUT2D eigenvalue weighted by Gasteiger charge is 2.14. The topological polar surface area (TPSA) is 116 Å². The first kappa shape index (κ1) is 24.0. The van der Waals surface area contributed by atoms with Crippen LogP contribution in [0.15, 0.2) is 80.7 Å². The Bertz CT molecular complexity index is 1380. The van der Waals surface area contributed by atoms with Gasteiger partial charge in [0, 0.05) is 17.5 Å². The number of hydrogen-bond donors (Lipinski definition) is 1. The van der Waals surface area contributed by atoms with Crippen molar-refractivity contribution in [3.63, 3.8) is 0 Å². The molecule has 1 amide bonds. The van der Waals surface area contributed by atoms with Crippen LogP contribution in [0.2, 0.25) is 0 Å². The third-order valence-electron chi connectivity index (χ3n) is 4.87. The molecule has 9 nitrogen and oxygen atoms in total. The molecule has 178 valence electrons. The molecule has 0 saturated carbocycles. The number of furan rings is 1. The van der Waals surface area contributed by atoms with Gasteiger partial charge in [-0.25, -0.2) is 5.43 Å². The SMILES string of the molecule is CCOc1cc(/C=N/NC(=O)c2cc3ccccc3o2)cc(Br)c1OCc1cccc([N+](=O)[O-])c1. The van der Waals surface area contributed by atoms with E-state index in [4.69, 9.17) is 13.9 Å². The van der Waals surface area contributed by atoms with Crippen molar-refractivity contribution in [2.24, 2.45) is 5.10 Å². The number of halogens is 1. The summed E-state index contributed by atoms with van der Waals surface area (Å²) in [5.41, 5.74) is 4.35. The molecule has 0 saturated heterocycles. The summed E-state index contributed by atoms with van der Waals surface area (Å²) in [6.07, 6.45) is 1.47. The molecule has 4 rings (SSSR count). The van der Waals surface area contributed by atoms with Gasteiger partial charge < -0.3 is 13.9 Å². The lowest BCUT2D eigenvalue weighted by Crippen LogP contribution is -2.16. The summed E-state index contributed by atoms with van der Waals surface area (Å²) in [6.45, 7) is 2.34. The normalized spacial score (nSPS) is 11.0. The molecule has 1 aromatic heterocycles. The first-order valence-corrected chi connectivity index (χ1v) is 11.4. The number of amides is 1. The van der Waals surface area contributed by atoms with Gasteiger partial charge in [-0.05, 0) is 58.2 Å². The fourth-order valence-electron chi connectivity index (χ4n) is 3.30. The summed E-state index contributed by atoms with van der Waals surface area (Å²) >= 11 is 3.48. The molecular weight excluding hydrogens is 518 g/mol. The highest BCUT2D eigenvalue weighted by atomic mass is 79.9. The van der Waals surface area contributed by atoms with Crippen molar-refractivity contribution in [2.75, 3.05) is 6.61 Å². The highest BCUT2D eigenvalue weighted by molar-refractivity contribution is 9.10. The van der Waals surface area contributed by atoms with Crippen molar-refractivity contribution in [3.05, 3.63) is 98.2 Å². The van der Waals surface area contributed by atoms with Gasteiger partial charge in [0.05, 0.1) is 22.2 Å². The van der Waals surface area contributed by atoms with Gasteiger partial charge in [0.15, 0.2) is 17.3 Å². The van der Waals surface area contributed by atoms with Gasteiger partial charge >= 0.3 is 5.91 Å². The average molecular weight is 538 g/mol. The maximum absolute atomic E-state index is 12.4. The van der Waals surface area contributed by atoms with Crippen molar-refractivity contribution in [1.29, 1.82) is 0 Å². The summed E-state index contributed by atoms with van der Waals surface area (Å²) in [5.74, 6) is 0.585. The molecule has 0 aliphatic carbocycles. The van der Waals surface area contributed by atoms with Crippen molar-refractivity contribution in [2.45, 2.75) is 13.5 Å². The van der Waals surface area contributed by atoms with Gasteiger partial charge in [-0.15, -0.1) is 0 Å². The minimum Gasteiger partial charge on any atom is -0.490 e. The van der Waals surface area contributed by atoms with E-state index in [0.717, 1.165) is 5.39 Å². The average Bonchev–Trinajstić information content (AvgIpc) is 3.28. The Hall–Kier alpha value is -4.18. The van der Waals surface area contributed by atoms with E-state index in [1.165, 1.54) is 18.3 Å². The van der Waals surface area contributed by atoms with Gasteiger partial charge in [-0.3, -0.25) is 14.9 Å². The number of nitro groups is 1. The van der Waals surface area contributed by atoms with Crippen LogP contribution in [0.25, 0.3) is 11.0 Å². The molecule has 4 aromatic rings. The molecule has 0 aliphatic heterocycles. The first-order valence-electron chi connectivity index (χ1n) is 10.6. The molecule has 0 unspecified atom stereocenters. The second kappa shape index (κ2) is 10.8. The number of non-ortho nitro benzene ring substituents is 1. The predicted octanol–water partition coefficient (Wildman–Crippen LogP) is 5.85. The van der Waals surface area contributed by atoms with E-state index in [2.05, 4.69) is 26.5 Å². The van der Waals surface area contributed by atoms with Crippen molar-refractivity contribution in [1.82, 2.24) is 5.43 Å². The minimum atomic E-state index is -0.474. The summed E-state index contributed by atoms with van der Waals surface area (Å²) in [5, 5.41) is 15.8. The Morgan fingerprint density at radius 1 is 1.14 bits per heavy atom. The Balaban J connectivity index is 1.46. The maximum atomic E-state index is 12.4. The number of nitrogens with zero attached hydrogens (tertiary/aromatic N) is 2. The van der Waals surface area contributed by atoms with Gasteiger partial charge in [0.1, 0.15) is 12.2 Å². The fraction of sp³-hybridized carbons (Fsp3) is 0.120. The standard InChI is InChI=1S/C25H20BrN3O6/c1-2-33-22-12-17(14-27-28-25(30)23-13-18-7-3-4-9-21(18)35-23)11-20(26)24(22)34-15-16-6-5-8-19(10-16)29(31)32/h3-14H,2,15H2,1H3,(H,28,30)/b27-14+. The number of ether oxygens (including phenoxy) is 2. The lowest BCUT2D eigenvalue weighted by molar-refractivity contribution is -0.384. The zero-order valence-electron chi connectivity index (χ0n) is 18.6. The summed E-state index contributed by atoms with van der Waals surface area (Å²) in [7, 11) is 0. The van der Waals surface area contributed by atoms with Gasteiger partial charge in [0.25, 0.3) is 5.69 Å². The second-order valence-corrected chi connectivity index (χ2v) is 8.18. The molecule has 0 atom stereocenters. The second-order valence-electron chi connectivity index (χ2n) is 7.33. The van der Waals surface area contributed by atoms with Gasteiger partial charge in [0.2, 0.25) is 0 Å². The number of hydrogen-bond acceptors (Lipinski definition) is 7. The maximum Gasteiger partial charge on any atom is 0.307 e. The van der Waals surface area contributed by atoms with E-state index in [-0.39, 0.29) is 18.1 Å². The quantitative estimate of drug-likeness (QED) is 0.163. The first-order chi connectivity index (χ1) is 16.9. The van der Waals surface area contributed by atoms with Crippen molar-refractivity contribution < 1.29 is 23.6 Å². The zero-order valence-corrected chi connectivity index (χ0v) is 20.2. The Kier molecular flexibility index (Phi) is 7.41. The van der Waals surface area contributed by atoms with E-state index >= 15 is 0 Å².